The largest absolute Gasteiger partial charge is 0.466 e. The third-order valence-electron chi connectivity index (χ3n) is 4.60. The molecule has 0 aromatic rings. The Morgan fingerprint density at radius 1 is 0.680 bits per heavy atom. The lowest BCUT2D eigenvalue weighted by Crippen LogP contribution is -2.06. The van der Waals surface area contributed by atoms with Crippen molar-refractivity contribution in [2.75, 3.05) is 13.2 Å². The van der Waals surface area contributed by atoms with Gasteiger partial charge in [0.2, 0.25) is 0 Å². The van der Waals surface area contributed by atoms with Crippen molar-refractivity contribution in [3.8, 4) is 0 Å². The summed E-state index contributed by atoms with van der Waals surface area (Å²) < 4.78 is 4.98. The minimum atomic E-state index is -0.0759. The number of hydrogen-bond donors (Lipinski definition) is 0. The minimum absolute atomic E-state index is 0.0759. The van der Waals surface area contributed by atoms with Gasteiger partial charge in [0.05, 0.1) is 6.61 Å². The molecule has 148 valence electrons. The molecule has 3 nitrogen and oxygen atoms in total. The number of carbonyl (C=O) groups excluding carboxylic acids is 1. The van der Waals surface area contributed by atoms with E-state index in [4.69, 9.17) is 4.74 Å². The van der Waals surface area contributed by atoms with Gasteiger partial charge >= 0.3 is 5.97 Å². The maximum atomic E-state index is 11.4. The molecule has 0 bridgehead atoms. The Labute approximate surface area is 157 Å². The number of carbonyl (C=O) groups is 1. The van der Waals surface area contributed by atoms with Crippen LogP contribution in [0.25, 0.3) is 0 Å². The van der Waals surface area contributed by atoms with Gasteiger partial charge in [-0.05, 0) is 39.5 Å². The van der Waals surface area contributed by atoms with Crippen LogP contribution < -0.4 is 0 Å². The smallest absolute Gasteiger partial charge is 0.305 e. The van der Waals surface area contributed by atoms with Gasteiger partial charge in [-0.25, -0.2) is 0 Å². The molecule has 0 saturated heterocycles. The molecule has 0 amide bonds. The lowest BCUT2D eigenvalue weighted by molar-refractivity contribution is -0.143. The first-order valence-electron chi connectivity index (χ1n) is 10.9. The molecule has 0 atom stereocenters. The number of unbranched alkanes of at least 4 members (excludes halogenated alkanes) is 10. The molecule has 0 heterocycles. The Hall–Kier alpha value is -0.860. The summed E-state index contributed by atoms with van der Waals surface area (Å²) in [6.45, 7) is 7.55. The molecular formula is C22H43NO2. The molecule has 0 aliphatic heterocycles. The van der Waals surface area contributed by atoms with E-state index >= 15 is 0 Å². The summed E-state index contributed by atoms with van der Waals surface area (Å²) in [4.78, 5) is 16.0. The molecule has 0 radical (unpaired) electrons. The molecule has 0 unspecified atom stereocenters. The third-order valence-corrected chi connectivity index (χ3v) is 4.60. The number of ether oxygens (including phenoxy) is 1. The van der Waals surface area contributed by atoms with Gasteiger partial charge in [0.25, 0.3) is 0 Å². The number of aliphatic imine (C=N–C) groups is 1. The normalized spacial score (nSPS) is 11.7. The van der Waals surface area contributed by atoms with Crippen LogP contribution in [0.3, 0.4) is 0 Å². The molecule has 0 saturated carbocycles. The van der Waals surface area contributed by atoms with Crippen LogP contribution in [0.2, 0.25) is 0 Å². The fourth-order valence-electron chi connectivity index (χ4n) is 3.17. The van der Waals surface area contributed by atoms with Gasteiger partial charge < -0.3 is 4.74 Å². The van der Waals surface area contributed by atoms with Crippen LogP contribution in [0, 0.1) is 0 Å². The second-order valence-electron chi connectivity index (χ2n) is 6.98. The van der Waals surface area contributed by atoms with Crippen molar-refractivity contribution in [3.63, 3.8) is 0 Å². The number of hydrogen-bond acceptors (Lipinski definition) is 3. The lowest BCUT2D eigenvalue weighted by atomic mass is 10.0. The zero-order valence-electron chi connectivity index (χ0n) is 17.3. The number of esters is 1. The highest BCUT2D eigenvalue weighted by atomic mass is 16.5. The van der Waals surface area contributed by atoms with Gasteiger partial charge in [0.15, 0.2) is 0 Å². The molecule has 0 aromatic heterocycles. The van der Waals surface area contributed by atoms with E-state index in [2.05, 4.69) is 18.8 Å². The van der Waals surface area contributed by atoms with Crippen LogP contribution >= 0.6 is 0 Å². The van der Waals surface area contributed by atoms with Crippen LogP contribution in [0.15, 0.2) is 4.99 Å². The highest BCUT2D eigenvalue weighted by Crippen LogP contribution is 2.13. The SMILES string of the molecule is CCCCCCCCCCCCCC(CCCC(=O)OCC)=NCC. The Bertz CT molecular complexity index is 326. The minimum Gasteiger partial charge on any atom is -0.466 e. The average Bonchev–Trinajstić information content (AvgIpc) is 2.60. The maximum absolute atomic E-state index is 11.4. The van der Waals surface area contributed by atoms with Crippen molar-refractivity contribution >= 4 is 11.7 Å². The Morgan fingerprint density at radius 2 is 1.20 bits per heavy atom. The molecule has 0 spiro atoms. The van der Waals surface area contributed by atoms with Gasteiger partial charge in [-0.15, -0.1) is 0 Å². The van der Waals surface area contributed by atoms with Gasteiger partial charge in [0, 0.05) is 18.7 Å². The second kappa shape index (κ2) is 19.5. The van der Waals surface area contributed by atoms with E-state index in [0.717, 1.165) is 25.8 Å². The quantitative estimate of drug-likeness (QED) is 0.153. The Morgan fingerprint density at radius 3 is 1.72 bits per heavy atom. The summed E-state index contributed by atoms with van der Waals surface area (Å²) in [5, 5.41) is 0. The average molecular weight is 354 g/mol. The van der Waals surface area contributed by atoms with Crippen LogP contribution in [0.4, 0.5) is 0 Å². The van der Waals surface area contributed by atoms with Crippen molar-refractivity contribution in [2.45, 2.75) is 117 Å². The summed E-state index contributed by atoms with van der Waals surface area (Å²) >= 11 is 0. The predicted octanol–water partition coefficient (Wildman–Crippen LogP) is 6.88. The van der Waals surface area contributed by atoms with Gasteiger partial charge in [-0.2, -0.15) is 0 Å². The second-order valence-corrected chi connectivity index (χ2v) is 6.98. The van der Waals surface area contributed by atoms with E-state index in [1.807, 2.05) is 6.92 Å². The van der Waals surface area contributed by atoms with Crippen molar-refractivity contribution in [3.05, 3.63) is 0 Å². The van der Waals surface area contributed by atoms with Gasteiger partial charge in [-0.3, -0.25) is 9.79 Å². The van der Waals surface area contributed by atoms with E-state index in [0.29, 0.717) is 13.0 Å². The molecule has 0 aromatic carbocycles. The monoisotopic (exact) mass is 353 g/mol. The van der Waals surface area contributed by atoms with Crippen LogP contribution in [0.1, 0.15) is 117 Å². The van der Waals surface area contributed by atoms with Crippen LogP contribution in [0.5, 0.6) is 0 Å². The summed E-state index contributed by atoms with van der Waals surface area (Å²) in [6, 6.07) is 0. The predicted molar refractivity (Wildman–Crippen MR) is 110 cm³/mol. The number of nitrogens with zero attached hydrogens (tertiary/aromatic N) is 1. The molecule has 25 heavy (non-hydrogen) atoms. The van der Waals surface area contributed by atoms with Crippen LogP contribution in [-0.4, -0.2) is 24.8 Å². The summed E-state index contributed by atoms with van der Waals surface area (Å²) in [5.74, 6) is -0.0759. The van der Waals surface area contributed by atoms with Crippen molar-refractivity contribution in [2.24, 2.45) is 4.99 Å². The molecule has 0 fully saturated rings. The molecule has 0 rings (SSSR count). The van der Waals surface area contributed by atoms with Crippen molar-refractivity contribution in [1.29, 1.82) is 0 Å². The summed E-state index contributed by atoms with van der Waals surface area (Å²) in [5.41, 5.74) is 1.29. The molecule has 0 N–H and O–H groups in total. The zero-order chi connectivity index (χ0) is 18.6. The first-order chi connectivity index (χ1) is 12.2. The van der Waals surface area contributed by atoms with Gasteiger partial charge in [0.1, 0.15) is 0 Å². The molecule has 3 heteroatoms. The van der Waals surface area contributed by atoms with Crippen molar-refractivity contribution in [1.82, 2.24) is 0 Å². The maximum Gasteiger partial charge on any atom is 0.305 e. The topological polar surface area (TPSA) is 38.7 Å². The first-order valence-corrected chi connectivity index (χ1v) is 10.9. The zero-order valence-corrected chi connectivity index (χ0v) is 17.3. The number of rotatable bonds is 18. The van der Waals surface area contributed by atoms with E-state index in [1.165, 1.54) is 76.3 Å². The van der Waals surface area contributed by atoms with Crippen molar-refractivity contribution < 1.29 is 9.53 Å². The molecular weight excluding hydrogens is 310 g/mol. The fraction of sp³-hybridized carbons (Fsp3) is 0.909. The summed E-state index contributed by atoms with van der Waals surface area (Å²) in [7, 11) is 0. The highest BCUT2D eigenvalue weighted by molar-refractivity contribution is 5.84. The highest BCUT2D eigenvalue weighted by Gasteiger charge is 2.04. The Balaban J connectivity index is 3.54. The Kier molecular flexibility index (Phi) is 18.8. The lowest BCUT2D eigenvalue weighted by Gasteiger charge is -2.07. The standard InChI is InChI=1S/C22H43NO2/c1-4-7-8-9-10-11-12-13-14-15-16-18-21(23-5-2)19-17-20-22(24)25-6-3/h4-20H2,1-3H3. The first kappa shape index (κ1) is 24.1. The fourth-order valence-corrected chi connectivity index (χ4v) is 3.17. The van der Waals surface area contributed by atoms with E-state index < -0.39 is 0 Å². The van der Waals surface area contributed by atoms with E-state index in [-0.39, 0.29) is 5.97 Å². The van der Waals surface area contributed by atoms with E-state index in [1.54, 1.807) is 0 Å². The summed E-state index contributed by atoms with van der Waals surface area (Å²) in [6.07, 6.45) is 18.6. The molecule has 0 aliphatic rings. The van der Waals surface area contributed by atoms with E-state index in [9.17, 15) is 4.79 Å². The van der Waals surface area contributed by atoms with Gasteiger partial charge in [-0.1, -0.05) is 71.1 Å². The van der Waals surface area contributed by atoms with Crippen LogP contribution in [-0.2, 0) is 9.53 Å². The molecule has 0 aliphatic carbocycles. The third kappa shape index (κ3) is 17.7.